The Balaban J connectivity index is 2.01. The Bertz CT molecular complexity index is 691. The molecule has 1 heterocycles. The summed E-state index contributed by atoms with van der Waals surface area (Å²) in [7, 11) is 0. The van der Waals surface area contributed by atoms with Crippen molar-refractivity contribution in [3.8, 4) is 0 Å². The molecule has 0 aliphatic rings. The number of nitrogens with one attached hydrogen (secondary N) is 1. The lowest BCUT2D eigenvalue weighted by Gasteiger charge is -2.22. The van der Waals surface area contributed by atoms with Crippen LogP contribution in [0.3, 0.4) is 0 Å². The van der Waals surface area contributed by atoms with Gasteiger partial charge in [0.05, 0.1) is 17.6 Å². The molecule has 2 rings (SSSR count). The molecule has 1 amide bonds. The van der Waals surface area contributed by atoms with Crippen LogP contribution in [0.2, 0.25) is 0 Å². The number of carbonyl (C=O) groups excluding carboxylic acids is 1. The van der Waals surface area contributed by atoms with Crippen LogP contribution in [0.1, 0.15) is 11.7 Å². The zero-order chi connectivity index (χ0) is 17.5. The van der Waals surface area contributed by atoms with Gasteiger partial charge in [0.1, 0.15) is 6.10 Å². The average molecular weight is 332 g/mol. The van der Waals surface area contributed by atoms with E-state index in [-0.39, 0.29) is 18.1 Å². The Labute approximate surface area is 138 Å². The van der Waals surface area contributed by atoms with Gasteiger partial charge in [-0.05, 0) is 17.7 Å². The van der Waals surface area contributed by atoms with Gasteiger partial charge in [-0.25, -0.2) is 0 Å². The highest BCUT2D eigenvalue weighted by Gasteiger charge is 2.24. The minimum Gasteiger partial charge on any atom is -0.394 e. The van der Waals surface area contributed by atoms with Crippen LogP contribution in [0.25, 0.3) is 0 Å². The van der Waals surface area contributed by atoms with Crippen molar-refractivity contribution in [3.05, 3.63) is 70.5 Å². The van der Waals surface area contributed by atoms with Gasteiger partial charge in [0, 0.05) is 24.3 Å². The lowest BCUT2D eigenvalue weighted by Crippen LogP contribution is -2.48. The molecule has 8 nitrogen and oxygen atoms in total. The van der Waals surface area contributed by atoms with Crippen LogP contribution in [0.4, 0.5) is 5.69 Å². The van der Waals surface area contributed by atoms with E-state index in [1.807, 2.05) is 6.07 Å². The van der Waals surface area contributed by atoms with Gasteiger partial charge >= 0.3 is 0 Å². The number of hydrogen-bond donors (Lipinski definition) is 3. The maximum atomic E-state index is 12.0. The van der Waals surface area contributed by atoms with E-state index in [0.717, 1.165) is 0 Å². The summed E-state index contributed by atoms with van der Waals surface area (Å²) in [5.41, 5.74) is 0.267. The lowest BCUT2D eigenvalue weighted by molar-refractivity contribution is -0.684. The first-order valence-corrected chi connectivity index (χ1v) is 7.28. The van der Waals surface area contributed by atoms with Crippen molar-refractivity contribution in [2.45, 2.75) is 18.7 Å². The van der Waals surface area contributed by atoms with Crippen molar-refractivity contribution in [2.24, 2.45) is 0 Å². The molecule has 24 heavy (non-hydrogen) atoms. The SMILES string of the molecule is O=C(C[n+]1ccccc1)N[C@@H](CO)[C@H](O)c1ccc([N+](=O)[O-])cc1. The number of aromatic nitrogens is 1. The van der Waals surface area contributed by atoms with E-state index in [4.69, 9.17) is 0 Å². The van der Waals surface area contributed by atoms with Crippen LogP contribution in [0, 0.1) is 10.1 Å². The van der Waals surface area contributed by atoms with Gasteiger partial charge in [-0.2, -0.15) is 4.57 Å². The number of nitro benzene ring substituents is 1. The Kier molecular flexibility index (Phi) is 5.94. The number of non-ortho nitro benzene ring substituents is 1. The molecule has 2 atom stereocenters. The number of amides is 1. The van der Waals surface area contributed by atoms with Gasteiger partial charge in [-0.1, -0.05) is 6.07 Å². The highest BCUT2D eigenvalue weighted by atomic mass is 16.6. The molecule has 0 saturated heterocycles. The molecule has 126 valence electrons. The third-order valence-electron chi connectivity index (χ3n) is 3.47. The first kappa shape index (κ1) is 17.5. The molecular weight excluding hydrogens is 314 g/mol. The smallest absolute Gasteiger partial charge is 0.286 e. The van der Waals surface area contributed by atoms with Crippen molar-refractivity contribution in [1.82, 2.24) is 5.32 Å². The first-order chi connectivity index (χ1) is 11.5. The number of nitro groups is 1. The number of aliphatic hydroxyl groups excluding tert-OH is 2. The quantitative estimate of drug-likeness (QED) is 0.377. The molecule has 0 fully saturated rings. The Morgan fingerprint density at radius 1 is 1.21 bits per heavy atom. The van der Waals surface area contributed by atoms with Gasteiger partial charge in [0.15, 0.2) is 12.4 Å². The summed E-state index contributed by atoms with van der Waals surface area (Å²) in [4.78, 5) is 22.1. The molecule has 1 aromatic carbocycles. The fourth-order valence-electron chi connectivity index (χ4n) is 2.21. The van der Waals surface area contributed by atoms with Gasteiger partial charge in [0.25, 0.3) is 11.6 Å². The molecule has 3 N–H and O–H groups in total. The summed E-state index contributed by atoms with van der Waals surface area (Å²) >= 11 is 0. The molecule has 0 aliphatic heterocycles. The summed E-state index contributed by atoms with van der Waals surface area (Å²) in [5, 5.41) is 32.9. The summed E-state index contributed by atoms with van der Waals surface area (Å²) in [6.45, 7) is -0.423. The van der Waals surface area contributed by atoms with Gasteiger partial charge in [-0.15, -0.1) is 0 Å². The summed E-state index contributed by atoms with van der Waals surface area (Å²) < 4.78 is 1.65. The van der Waals surface area contributed by atoms with Crippen molar-refractivity contribution in [3.63, 3.8) is 0 Å². The Morgan fingerprint density at radius 3 is 2.38 bits per heavy atom. The molecule has 0 bridgehead atoms. The zero-order valence-corrected chi connectivity index (χ0v) is 12.8. The van der Waals surface area contributed by atoms with Gasteiger partial charge in [-0.3, -0.25) is 14.9 Å². The zero-order valence-electron chi connectivity index (χ0n) is 12.8. The van der Waals surface area contributed by atoms with E-state index >= 15 is 0 Å². The number of carbonyl (C=O) groups is 1. The molecule has 0 spiro atoms. The lowest BCUT2D eigenvalue weighted by atomic mass is 10.0. The van der Waals surface area contributed by atoms with Crippen molar-refractivity contribution < 1.29 is 24.5 Å². The first-order valence-electron chi connectivity index (χ1n) is 7.28. The monoisotopic (exact) mass is 332 g/mol. The van der Waals surface area contributed by atoms with Crippen LogP contribution in [-0.4, -0.2) is 33.7 Å². The third kappa shape index (κ3) is 4.58. The normalized spacial score (nSPS) is 13.1. The molecule has 8 heteroatoms. The second-order valence-electron chi connectivity index (χ2n) is 5.20. The van der Waals surface area contributed by atoms with Crippen molar-refractivity contribution >= 4 is 11.6 Å². The number of nitrogens with zero attached hydrogens (tertiary/aromatic N) is 2. The number of aliphatic hydroxyl groups is 2. The second-order valence-corrected chi connectivity index (χ2v) is 5.20. The number of pyridine rings is 1. The maximum absolute atomic E-state index is 12.0. The van der Waals surface area contributed by atoms with E-state index in [9.17, 15) is 25.1 Å². The van der Waals surface area contributed by atoms with Crippen LogP contribution >= 0.6 is 0 Å². The highest BCUT2D eigenvalue weighted by molar-refractivity contribution is 5.74. The molecule has 2 aromatic rings. The summed E-state index contributed by atoms with van der Waals surface area (Å²) in [6, 6.07) is 9.77. The molecular formula is C16H18N3O5+. The predicted molar refractivity (Wildman–Crippen MR) is 83.7 cm³/mol. The molecule has 0 aliphatic carbocycles. The van der Waals surface area contributed by atoms with E-state index in [1.165, 1.54) is 24.3 Å². The average Bonchev–Trinajstić information content (AvgIpc) is 2.60. The second kappa shape index (κ2) is 8.14. The third-order valence-corrected chi connectivity index (χ3v) is 3.47. The topological polar surface area (TPSA) is 117 Å². The van der Waals surface area contributed by atoms with Crippen molar-refractivity contribution in [2.75, 3.05) is 6.61 Å². The van der Waals surface area contributed by atoms with E-state index < -0.39 is 23.7 Å². The minimum atomic E-state index is -1.18. The van der Waals surface area contributed by atoms with Crippen LogP contribution < -0.4 is 9.88 Å². The fraction of sp³-hybridized carbons (Fsp3) is 0.250. The number of hydrogen-bond acceptors (Lipinski definition) is 5. The van der Waals surface area contributed by atoms with Crippen LogP contribution in [0.15, 0.2) is 54.9 Å². The molecule has 1 aromatic heterocycles. The Hall–Kier alpha value is -2.84. The number of rotatable bonds is 7. The largest absolute Gasteiger partial charge is 0.394 e. The van der Waals surface area contributed by atoms with Gasteiger partial charge < -0.3 is 15.5 Å². The predicted octanol–water partition coefficient (Wildman–Crippen LogP) is 0.0930. The van der Waals surface area contributed by atoms with E-state index in [0.29, 0.717) is 5.56 Å². The van der Waals surface area contributed by atoms with E-state index in [1.54, 1.807) is 29.1 Å². The molecule has 0 radical (unpaired) electrons. The standard InChI is InChI=1S/C16H17N3O5/c20-11-14(17-15(21)10-18-8-2-1-3-9-18)16(22)12-4-6-13(7-5-12)19(23)24/h1-9,14,16,20,22H,10-11H2/p+1/t14-,16+/m0/s1. The maximum Gasteiger partial charge on any atom is 0.286 e. The Morgan fingerprint density at radius 2 is 1.83 bits per heavy atom. The number of benzene rings is 1. The summed E-state index contributed by atoms with van der Waals surface area (Å²) in [6.07, 6.45) is 2.26. The molecule has 0 unspecified atom stereocenters. The highest BCUT2D eigenvalue weighted by Crippen LogP contribution is 2.20. The van der Waals surface area contributed by atoms with Crippen molar-refractivity contribution in [1.29, 1.82) is 0 Å². The van der Waals surface area contributed by atoms with Gasteiger partial charge in [0.2, 0.25) is 6.54 Å². The van der Waals surface area contributed by atoms with E-state index in [2.05, 4.69) is 5.32 Å². The fourth-order valence-corrected chi connectivity index (χ4v) is 2.21. The molecule has 0 saturated carbocycles. The summed E-state index contributed by atoms with van der Waals surface area (Å²) in [5.74, 6) is -0.369. The van der Waals surface area contributed by atoms with Crippen LogP contribution in [-0.2, 0) is 11.3 Å². The van der Waals surface area contributed by atoms with Crippen LogP contribution in [0.5, 0.6) is 0 Å². The minimum absolute atomic E-state index is 0.0460.